The van der Waals surface area contributed by atoms with Crippen LogP contribution in [0.25, 0.3) is 0 Å². The Labute approximate surface area is 142 Å². The highest BCUT2D eigenvalue weighted by molar-refractivity contribution is 5.81. The summed E-state index contributed by atoms with van der Waals surface area (Å²) >= 11 is 0. The molecule has 6 heteroatoms. The van der Waals surface area contributed by atoms with Crippen LogP contribution in [0.4, 0.5) is 4.79 Å². The molecule has 0 spiro atoms. The molecule has 2 fully saturated rings. The van der Waals surface area contributed by atoms with Gasteiger partial charge in [0.05, 0.1) is 12.2 Å². The van der Waals surface area contributed by atoms with E-state index in [0.717, 1.165) is 18.7 Å². The molecule has 0 bridgehead atoms. The molecule has 6 nitrogen and oxygen atoms in total. The summed E-state index contributed by atoms with van der Waals surface area (Å²) < 4.78 is 10.8. The minimum atomic E-state index is -0.510. The summed E-state index contributed by atoms with van der Waals surface area (Å²) in [4.78, 5) is 28.4. The number of amides is 2. The molecule has 0 saturated carbocycles. The maximum Gasteiger partial charge on any atom is 0.410 e. The number of likely N-dealkylation sites (tertiary alicyclic amines) is 2. The lowest BCUT2D eigenvalue weighted by Crippen LogP contribution is -2.38. The molecule has 24 heavy (non-hydrogen) atoms. The van der Waals surface area contributed by atoms with E-state index < -0.39 is 5.60 Å². The van der Waals surface area contributed by atoms with Crippen molar-refractivity contribution in [3.8, 4) is 0 Å². The van der Waals surface area contributed by atoms with Crippen LogP contribution in [0.5, 0.6) is 0 Å². The number of hydrogen-bond donors (Lipinski definition) is 0. The third-order valence-corrected chi connectivity index (χ3v) is 4.63. The Kier molecular flexibility index (Phi) is 4.56. The van der Waals surface area contributed by atoms with Gasteiger partial charge in [-0.1, -0.05) is 0 Å². The minimum Gasteiger partial charge on any atom is -0.469 e. The van der Waals surface area contributed by atoms with Gasteiger partial charge in [-0.25, -0.2) is 4.79 Å². The molecule has 1 aromatic rings. The van der Waals surface area contributed by atoms with Gasteiger partial charge >= 0.3 is 6.09 Å². The molecule has 3 heterocycles. The van der Waals surface area contributed by atoms with Crippen LogP contribution in [-0.4, -0.2) is 53.6 Å². The first-order chi connectivity index (χ1) is 11.3. The van der Waals surface area contributed by atoms with Crippen LogP contribution >= 0.6 is 0 Å². The standard InChI is InChI=1S/C18H26N2O4/c1-18(2,3)24-17(22)20-9-7-14(12-20)16(21)19-8-6-13(11-19)15-5-4-10-23-15/h4-5,10,13-14H,6-9,11-12H2,1-3H3/t13-,14-/m0/s1. The van der Waals surface area contributed by atoms with E-state index in [2.05, 4.69) is 0 Å². The lowest BCUT2D eigenvalue weighted by molar-refractivity contribution is -0.134. The van der Waals surface area contributed by atoms with Crippen molar-refractivity contribution in [2.45, 2.75) is 45.1 Å². The number of hydrogen-bond acceptors (Lipinski definition) is 4. The Morgan fingerprint density at radius 2 is 1.92 bits per heavy atom. The molecular formula is C18H26N2O4. The van der Waals surface area contributed by atoms with Crippen LogP contribution in [-0.2, 0) is 9.53 Å². The van der Waals surface area contributed by atoms with Crippen molar-refractivity contribution in [3.63, 3.8) is 0 Å². The number of carbonyl (C=O) groups is 2. The maximum absolute atomic E-state index is 12.7. The summed E-state index contributed by atoms with van der Waals surface area (Å²) in [6.07, 6.45) is 2.99. The number of furan rings is 1. The Bertz CT molecular complexity index is 591. The van der Waals surface area contributed by atoms with E-state index in [4.69, 9.17) is 9.15 Å². The van der Waals surface area contributed by atoms with Crippen molar-refractivity contribution in [3.05, 3.63) is 24.2 Å². The molecule has 2 atom stereocenters. The summed E-state index contributed by atoms with van der Waals surface area (Å²) in [5.74, 6) is 1.27. The third kappa shape index (κ3) is 3.74. The summed E-state index contributed by atoms with van der Waals surface area (Å²) in [6.45, 7) is 8.05. The molecule has 132 valence electrons. The number of nitrogens with zero attached hydrogens (tertiary/aromatic N) is 2. The van der Waals surface area contributed by atoms with E-state index in [-0.39, 0.29) is 23.8 Å². The topological polar surface area (TPSA) is 63.0 Å². The Hall–Kier alpha value is -1.98. The van der Waals surface area contributed by atoms with Crippen molar-refractivity contribution in [1.29, 1.82) is 0 Å². The van der Waals surface area contributed by atoms with Gasteiger partial charge in [-0.2, -0.15) is 0 Å². The lowest BCUT2D eigenvalue weighted by Gasteiger charge is -2.25. The van der Waals surface area contributed by atoms with Crippen LogP contribution in [0.1, 0.15) is 45.3 Å². The highest BCUT2D eigenvalue weighted by atomic mass is 16.6. The summed E-state index contributed by atoms with van der Waals surface area (Å²) in [5.41, 5.74) is -0.510. The molecule has 2 aliphatic rings. The van der Waals surface area contributed by atoms with Gasteiger partial charge in [0.1, 0.15) is 11.4 Å². The average Bonchev–Trinajstić information content (AvgIpc) is 3.24. The monoisotopic (exact) mass is 334 g/mol. The number of carbonyl (C=O) groups excluding carboxylic acids is 2. The van der Waals surface area contributed by atoms with Gasteiger partial charge in [-0.15, -0.1) is 0 Å². The predicted octanol–water partition coefficient (Wildman–Crippen LogP) is 2.85. The van der Waals surface area contributed by atoms with Crippen LogP contribution in [0, 0.1) is 5.92 Å². The number of rotatable bonds is 2. The molecule has 0 aromatic carbocycles. The third-order valence-electron chi connectivity index (χ3n) is 4.63. The van der Waals surface area contributed by atoms with Crippen LogP contribution in [0.15, 0.2) is 22.8 Å². The van der Waals surface area contributed by atoms with Gasteiger partial charge in [0.15, 0.2) is 0 Å². The van der Waals surface area contributed by atoms with E-state index in [1.807, 2.05) is 37.8 Å². The predicted molar refractivity (Wildman–Crippen MR) is 88.6 cm³/mol. The van der Waals surface area contributed by atoms with E-state index in [1.165, 1.54) is 0 Å². The Morgan fingerprint density at radius 1 is 1.17 bits per heavy atom. The zero-order valence-corrected chi connectivity index (χ0v) is 14.7. The highest BCUT2D eigenvalue weighted by Crippen LogP contribution is 2.30. The molecule has 2 saturated heterocycles. The van der Waals surface area contributed by atoms with E-state index >= 15 is 0 Å². The Morgan fingerprint density at radius 3 is 2.58 bits per heavy atom. The first-order valence-electron chi connectivity index (χ1n) is 8.63. The van der Waals surface area contributed by atoms with Gasteiger partial charge < -0.3 is 19.0 Å². The molecule has 1 aromatic heterocycles. The molecule has 0 unspecified atom stereocenters. The molecule has 2 amide bonds. The minimum absolute atomic E-state index is 0.118. The van der Waals surface area contributed by atoms with Gasteiger partial charge in [-0.3, -0.25) is 4.79 Å². The van der Waals surface area contributed by atoms with Crippen LogP contribution in [0.2, 0.25) is 0 Å². The lowest BCUT2D eigenvalue weighted by atomic mass is 10.1. The van der Waals surface area contributed by atoms with E-state index in [1.54, 1.807) is 11.2 Å². The van der Waals surface area contributed by atoms with Crippen molar-refractivity contribution in [2.24, 2.45) is 5.92 Å². The second-order valence-corrected chi connectivity index (χ2v) is 7.70. The first kappa shape index (κ1) is 16.9. The molecule has 0 radical (unpaired) electrons. The largest absolute Gasteiger partial charge is 0.469 e. The SMILES string of the molecule is CC(C)(C)OC(=O)N1CC[C@H](C(=O)N2CC[C@H](c3ccco3)C2)C1. The van der Waals surface area contributed by atoms with Crippen molar-refractivity contribution in [1.82, 2.24) is 9.80 Å². The van der Waals surface area contributed by atoms with Gasteiger partial charge in [0.2, 0.25) is 5.91 Å². The van der Waals surface area contributed by atoms with E-state index in [9.17, 15) is 9.59 Å². The first-order valence-corrected chi connectivity index (χ1v) is 8.63. The zero-order chi connectivity index (χ0) is 17.3. The second kappa shape index (κ2) is 6.49. The molecule has 3 rings (SSSR count). The molecule has 0 N–H and O–H groups in total. The summed E-state index contributed by atoms with van der Waals surface area (Å²) in [5, 5.41) is 0. The second-order valence-electron chi connectivity index (χ2n) is 7.70. The highest BCUT2D eigenvalue weighted by Gasteiger charge is 2.38. The van der Waals surface area contributed by atoms with Crippen molar-refractivity contribution < 1.29 is 18.7 Å². The normalized spacial score (nSPS) is 24.5. The van der Waals surface area contributed by atoms with Gasteiger partial charge in [0, 0.05) is 32.1 Å². The van der Waals surface area contributed by atoms with E-state index in [0.29, 0.717) is 26.1 Å². The fraction of sp³-hybridized carbons (Fsp3) is 0.667. The Balaban J connectivity index is 1.53. The summed E-state index contributed by atoms with van der Waals surface area (Å²) in [6, 6.07) is 3.86. The van der Waals surface area contributed by atoms with Crippen LogP contribution in [0.3, 0.4) is 0 Å². The van der Waals surface area contributed by atoms with Crippen molar-refractivity contribution >= 4 is 12.0 Å². The fourth-order valence-electron chi connectivity index (χ4n) is 3.43. The zero-order valence-electron chi connectivity index (χ0n) is 14.7. The van der Waals surface area contributed by atoms with Crippen LogP contribution < -0.4 is 0 Å². The van der Waals surface area contributed by atoms with Gasteiger partial charge in [0.25, 0.3) is 0 Å². The quantitative estimate of drug-likeness (QED) is 0.834. The molecule has 2 aliphatic heterocycles. The molecule has 0 aliphatic carbocycles. The fourth-order valence-corrected chi connectivity index (χ4v) is 3.43. The maximum atomic E-state index is 12.7. The number of ether oxygens (including phenoxy) is 1. The average molecular weight is 334 g/mol. The summed E-state index contributed by atoms with van der Waals surface area (Å²) in [7, 11) is 0. The van der Waals surface area contributed by atoms with Crippen molar-refractivity contribution in [2.75, 3.05) is 26.2 Å². The van der Waals surface area contributed by atoms with Gasteiger partial charge in [-0.05, 0) is 45.7 Å². The molecular weight excluding hydrogens is 308 g/mol. The smallest absolute Gasteiger partial charge is 0.410 e.